The molecule has 104 valence electrons. The number of benzene rings is 1. The third-order valence-electron chi connectivity index (χ3n) is 2.66. The Kier molecular flexibility index (Phi) is 4.35. The van der Waals surface area contributed by atoms with Gasteiger partial charge in [-0.3, -0.25) is 4.98 Å². The van der Waals surface area contributed by atoms with Gasteiger partial charge in [0.25, 0.3) is 0 Å². The van der Waals surface area contributed by atoms with Crippen LogP contribution in [0.15, 0.2) is 28.7 Å². The Morgan fingerprint density at radius 3 is 2.65 bits per heavy atom. The summed E-state index contributed by atoms with van der Waals surface area (Å²) in [6.45, 7) is 3.67. The van der Waals surface area contributed by atoms with Gasteiger partial charge in [0.2, 0.25) is 0 Å². The van der Waals surface area contributed by atoms with Gasteiger partial charge in [0.05, 0.1) is 15.7 Å². The Labute approximate surface area is 130 Å². The van der Waals surface area contributed by atoms with Crippen molar-refractivity contribution in [1.29, 1.82) is 0 Å². The number of pyridine rings is 1. The molecule has 2 aromatic rings. The number of thiocarbonyl (C=S) groups is 1. The first-order valence-electron chi connectivity index (χ1n) is 5.79. The molecule has 0 fully saturated rings. The maximum Gasteiger partial charge on any atom is 0.141 e. The first kappa shape index (κ1) is 14.9. The molecular weight excluding hydrogens is 343 g/mol. The summed E-state index contributed by atoms with van der Waals surface area (Å²) in [5.41, 5.74) is 7.80. The number of rotatable bonds is 3. The number of hydrogen-bond donors (Lipinski definition) is 1. The lowest BCUT2D eigenvalue weighted by molar-refractivity contribution is 0.477. The number of ether oxygens (including phenoxy) is 1. The van der Waals surface area contributed by atoms with E-state index in [1.165, 1.54) is 12.1 Å². The molecule has 0 amide bonds. The predicted molar refractivity (Wildman–Crippen MR) is 83.8 cm³/mol. The van der Waals surface area contributed by atoms with Crippen LogP contribution in [0, 0.1) is 19.7 Å². The number of hydrogen-bond acceptors (Lipinski definition) is 3. The van der Waals surface area contributed by atoms with Gasteiger partial charge in [-0.1, -0.05) is 12.2 Å². The van der Waals surface area contributed by atoms with Crippen LogP contribution in [0.25, 0.3) is 0 Å². The SMILES string of the molecule is Cc1cc(Oc2ccc(F)c(Br)c2)c(C(N)=S)c(C)n1. The van der Waals surface area contributed by atoms with E-state index < -0.39 is 0 Å². The fourth-order valence-corrected chi connectivity index (χ4v) is 2.45. The van der Waals surface area contributed by atoms with Crippen molar-refractivity contribution in [3.63, 3.8) is 0 Å². The Bertz CT molecular complexity index is 691. The fraction of sp³-hybridized carbons (Fsp3) is 0.143. The summed E-state index contributed by atoms with van der Waals surface area (Å²) in [6.07, 6.45) is 0. The number of aromatic nitrogens is 1. The molecule has 2 rings (SSSR count). The topological polar surface area (TPSA) is 48.1 Å². The van der Waals surface area contributed by atoms with Crippen LogP contribution in [0.4, 0.5) is 4.39 Å². The molecule has 20 heavy (non-hydrogen) atoms. The number of nitrogens with zero attached hydrogens (tertiary/aromatic N) is 1. The fourth-order valence-electron chi connectivity index (χ4n) is 1.84. The van der Waals surface area contributed by atoms with Crippen molar-refractivity contribution in [1.82, 2.24) is 4.98 Å². The van der Waals surface area contributed by atoms with E-state index in [2.05, 4.69) is 20.9 Å². The van der Waals surface area contributed by atoms with E-state index in [4.69, 9.17) is 22.7 Å². The quantitative estimate of drug-likeness (QED) is 0.845. The third-order valence-corrected chi connectivity index (χ3v) is 3.47. The van der Waals surface area contributed by atoms with Crippen LogP contribution in [0.2, 0.25) is 0 Å². The lowest BCUT2D eigenvalue weighted by atomic mass is 10.1. The first-order valence-corrected chi connectivity index (χ1v) is 6.99. The zero-order valence-corrected chi connectivity index (χ0v) is 13.3. The highest BCUT2D eigenvalue weighted by Crippen LogP contribution is 2.30. The molecular formula is C14H12BrFN2OS. The maximum absolute atomic E-state index is 13.2. The van der Waals surface area contributed by atoms with E-state index in [1.807, 2.05) is 13.8 Å². The van der Waals surface area contributed by atoms with E-state index in [0.29, 0.717) is 27.2 Å². The van der Waals surface area contributed by atoms with Crippen molar-refractivity contribution < 1.29 is 9.13 Å². The summed E-state index contributed by atoms with van der Waals surface area (Å²) in [5.74, 6) is 0.649. The van der Waals surface area contributed by atoms with Crippen molar-refractivity contribution in [2.45, 2.75) is 13.8 Å². The van der Waals surface area contributed by atoms with Crippen LogP contribution in [0.3, 0.4) is 0 Å². The second-order valence-corrected chi connectivity index (χ2v) is 5.56. The van der Waals surface area contributed by atoms with Gasteiger partial charge < -0.3 is 10.5 Å². The van der Waals surface area contributed by atoms with Gasteiger partial charge in [-0.2, -0.15) is 0 Å². The lowest BCUT2D eigenvalue weighted by Gasteiger charge is -2.13. The normalized spacial score (nSPS) is 10.4. The molecule has 0 radical (unpaired) electrons. The van der Waals surface area contributed by atoms with Crippen LogP contribution >= 0.6 is 28.1 Å². The van der Waals surface area contributed by atoms with Crippen molar-refractivity contribution >= 4 is 33.1 Å². The first-order chi connectivity index (χ1) is 9.38. The van der Waals surface area contributed by atoms with Crippen molar-refractivity contribution in [3.05, 3.63) is 51.5 Å². The highest BCUT2D eigenvalue weighted by atomic mass is 79.9. The minimum atomic E-state index is -0.353. The van der Waals surface area contributed by atoms with E-state index in [-0.39, 0.29) is 10.8 Å². The highest BCUT2D eigenvalue weighted by molar-refractivity contribution is 9.10. The summed E-state index contributed by atoms with van der Waals surface area (Å²) in [4.78, 5) is 4.53. The van der Waals surface area contributed by atoms with Gasteiger partial charge >= 0.3 is 0 Å². The molecule has 2 N–H and O–H groups in total. The average Bonchev–Trinajstić information content (AvgIpc) is 2.32. The summed E-state index contributed by atoms with van der Waals surface area (Å²) in [6, 6.07) is 6.15. The number of halogens is 2. The molecule has 0 saturated heterocycles. The molecule has 6 heteroatoms. The second kappa shape index (κ2) is 5.85. The molecule has 0 aliphatic carbocycles. The summed E-state index contributed by atoms with van der Waals surface area (Å²) in [7, 11) is 0. The molecule has 1 heterocycles. The van der Waals surface area contributed by atoms with Gasteiger partial charge in [0, 0.05) is 11.8 Å². The molecule has 0 atom stereocenters. The van der Waals surface area contributed by atoms with Gasteiger partial charge in [0.15, 0.2) is 0 Å². The zero-order chi connectivity index (χ0) is 14.9. The lowest BCUT2D eigenvalue weighted by Crippen LogP contribution is -2.14. The maximum atomic E-state index is 13.2. The van der Waals surface area contributed by atoms with E-state index in [9.17, 15) is 4.39 Å². The molecule has 3 nitrogen and oxygen atoms in total. The smallest absolute Gasteiger partial charge is 0.141 e. The van der Waals surface area contributed by atoms with Gasteiger partial charge in [-0.05, 0) is 48.0 Å². The number of nitrogens with two attached hydrogens (primary N) is 1. The van der Waals surface area contributed by atoms with Crippen LogP contribution in [-0.2, 0) is 0 Å². The highest BCUT2D eigenvalue weighted by Gasteiger charge is 2.13. The molecule has 1 aromatic heterocycles. The average molecular weight is 355 g/mol. The molecule has 0 aliphatic heterocycles. The van der Waals surface area contributed by atoms with E-state index >= 15 is 0 Å². The monoisotopic (exact) mass is 354 g/mol. The predicted octanol–water partition coefficient (Wildman–Crippen LogP) is 4.03. The summed E-state index contributed by atoms with van der Waals surface area (Å²) < 4.78 is 19.3. The molecule has 0 unspecified atom stereocenters. The van der Waals surface area contributed by atoms with Crippen molar-refractivity contribution in [2.24, 2.45) is 5.73 Å². The summed E-state index contributed by atoms with van der Waals surface area (Å²) in [5, 5.41) is 0. The Balaban J connectivity index is 2.47. The molecule has 0 bridgehead atoms. The van der Waals surface area contributed by atoms with Crippen LogP contribution in [0.5, 0.6) is 11.5 Å². The Morgan fingerprint density at radius 1 is 1.35 bits per heavy atom. The van der Waals surface area contributed by atoms with Crippen molar-refractivity contribution in [3.8, 4) is 11.5 Å². The zero-order valence-electron chi connectivity index (χ0n) is 10.9. The Hall–Kier alpha value is -1.53. The van der Waals surface area contributed by atoms with Gasteiger partial charge in [-0.15, -0.1) is 0 Å². The standard InChI is InChI=1S/C14H12BrFN2OS/c1-7-5-12(13(14(17)20)8(2)18-7)19-9-3-4-11(16)10(15)6-9/h3-6H,1-2H3,(H2,17,20). The molecule has 0 saturated carbocycles. The molecule has 1 aromatic carbocycles. The Morgan fingerprint density at radius 2 is 2.05 bits per heavy atom. The number of aryl methyl sites for hydroxylation is 2. The second-order valence-electron chi connectivity index (χ2n) is 4.26. The van der Waals surface area contributed by atoms with Crippen molar-refractivity contribution in [2.75, 3.05) is 0 Å². The minimum absolute atomic E-state index is 0.214. The van der Waals surface area contributed by atoms with Crippen LogP contribution in [0.1, 0.15) is 17.0 Å². The molecule has 0 spiro atoms. The third kappa shape index (κ3) is 3.13. The van der Waals surface area contributed by atoms with E-state index in [1.54, 1.807) is 12.1 Å². The van der Waals surface area contributed by atoms with E-state index in [0.717, 1.165) is 5.69 Å². The largest absolute Gasteiger partial charge is 0.456 e. The minimum Gasteiger partial charge on any atom is -0.456 e. The van der Waals surface area contributed by atoms with Gasteiger partial charge in [-0.25, -0.2) is 4.39 Å². The van der Waals surface area contributed by atoms with Crippen LogP contribution < -0.4 is 10.5 Å². The molecule has 0 aliphatic rings. The van der Waals surface area contributed by atoms with Gasteiger partial charge in [0.1, 0.15) is 22.3 Å². The van der Waals surface area contributed by atoms with Crippen LogP contribution in [-0.4, -0.2) is 9.97 Å². The summed E-state index contributed by atoms with van der Waals surface area (Å²) >= 11 is 8.15.